The third-order valence-corrected chi connectivity index (χ3v) is 3.58. The molecule has 3 N–H and O–H groups in total. The van der Waals surface area contributed by atoms with Crippen molar-refractivity contribution in [3.8, 4) is 0 Å². The lowest BCUT2D eigenvalue weighted by Crippen LogP contribution is -2.34. The molecule has 94 valence electrons. The Morgan fingerprint density at radius 3 is 2.53 bits per heavy atom. The summed E-state index contributed by atoms with van der Waals surface area (Å²) in [5.74, 6) is 3.04. The number of anilines is 2. The Kier molecular flexibility index (Phi) is 2.98. The molecule has 1 heterocycles. The van der Waals surface area contributed by atoms with Crippen molar-refractivity contribution in [2.24, 2.45) is 5.92 Å². The van der Waals surface area contributed by atoms with Gasteiger partial charge in [-0.2, -0.15) is 0 Å². The third-order valence-electron chi connectivity index (χ3n) is 3.58. The van der Waals surface area contributed by atoms with Crippen molar-refractivity contribution in [1.82, 2.24) is 9.97 Å². The van der Waals surface area contributed by atoms with E-state index >= 15 is 0 Å². The van der Waals surface area contributed by atoms with Crippen molar-refractivity contribution in [1.29, 1.82) is 0 Å². The molecule has 0 atom stereocenters. The molecular formula is C13H22N4. The first-order valence-corrected chi connectivity index (χ1v) is 6.35. The van der Waals surface area contributed by atoms with Crippen molar-refractivity contribution in [2.75, 3.05) is 11.1 Å². The van der Waals surface area contributed by atoms with Crippen LogP contribution in [0.2, 0.25) is 0 Å². The Bertz CT molecular complexity index is 422. The van der Waals surface area contributed by atoms with E-state index in [1.165, 1.54) is 12.8 Å². The van der Waals surface area contributed by atoms with Crippen LogP contribution in [0, 0.1) is 12.8 Å². The topological polar surface area (TPSA) is 63.8 Å². The van der Waals surface area contributed by atoms with Gasteiger partial charge in [-0.05, 0) is 39.5 Å². The van der Waals surface area contributed by atoms with E-state index in [9.17, 15) is 0 Å². The highest BCUT2D eigenvalue weighted by Gasteiger charge is 2.38. The van der Waals surface area contributed by atoms with E-state index in [0.717, 1.165) is 29.5 Å². The number of aromatic nitrogens is 2. The van der Waals surface area contributed by atoms with Gasteiger partial charge in [-0.1, -0.05) is 6.92 Å². The first-order valence-electron chi connectivity index (χ1n) is 6.35. The van der Waals surface area contributed by atoms with Crippen LogP contribution in [0.25, 0.3) is 0 Å². The molecule has 0 spiro atoms. The molecule has 0 amide bonds. The van der Waals surface area contributed by atoms with E-state index in [1.54, 1.807) is 0 Å². The van der Waals surface area contributed by atoms with Crippen molar-refractivity contribution < 1.29 is 0 Å². The molecule has 0 saturated heterocycles. The van der Waals surface area contributed by atoms with Crippen LogP contribution in [-0.4, -0.2) is 15.5 Å². The highest BCUT2D eigenvalue weighted by molar-refractivity contribution is 5.56. The van der Waals surface area contributed by atoms with Crippen LogP contribution in [0.15, 0.2) is 0 Å². The van der Waals surface area contributed by atoms with E-state index in [0.29, 0.717) is 5.82 Å². The van der Waals surface area contributed by atoms with Crippen LogP contribution in [0.4, 0.5) is 11.6 Å². The predicted octanol–water partition coefficient (Wildman–Crippen LogP) is 2.53. The summed E-state index contributed by atoms with van der Waals surface area (Å²) in [5, 5.41) is 3.53. The van der Waals surface area contributed by atoms with E-state index in [4.69, 9.17) is 5.73 Å². The van der Waals surface area contributed by atoms with Gasteiger partial charge in [-0.15, -0.1) is 0 Å². The van der Waals surface area contributed by atoms with Gasteiger partial charge in [0.25, 0.3) is 0 Å². The average Bonchev–Trinajstić information content (AvgIpc) is 3.07. The molecule has 4 nitrogen and oxygen atoms in total. The molecular weight excluding hydrogens is 212 g/mol. The smallest absolute Gasteiger partial charge is 0.135 e. The van der Waals surface area contributed by atoms with Crippen LogP contribution in [0.1, 0.15) is 45.0 Å². The second kappa shape index (κ2) is 4.17. The molecule has 0 radical (unpaired) electrons. The molecule has 1 aliphatic carbocycles. The summed E-state index contributed by atoms with van der Waals surface area (Å²) in [4.78, 5) is 8.81. The van der Waals surface area contributed by atoms with Gasteiger partial charge in [0, 0.05) is 17.5 Å². The van der Waals surface area contributed by atoms with Gasteiger partial charge >= 0.3 is 0 Å². The molecule has 0 aliphatic heterocycles. The Balaban J connectivity index is 2.27. The standard InChI is InChI=1S/C13H22N4/c1-5-10-15-11(14)8(2)12(16-10)17-13(3,4)9-6-7-9/h9H,5-7H2,1-4H3,(H3,14,15,16,17). The van der Waals surface area contributed by atoms with Gasteiger partial charge < -0.3 is 11.1 Å². The predicted molar refractivity (Wildman–Crippen MR) is 71.0 cm³/mol. The van der Waals surface area contributed by atoms with Gasteiger partial charge in [-0.3, -0.25) is 0 Å². The van der Waals surface area contributed by atoms with E-state index in [1.807, 2.05) is 13.8 Å². The Morgan fingerprint density at radius 1 is 1.35 bits per heavy atom. The van der Waals surface area contributed by atoms with E-state index in [-0.39, 0.29) is 5.54 Å². The normalized spacial score (nSPS) is 16.0. The number of hydrogen-bond acceptors (Lipinski definition) is 4. The monoisotopic (exact) mass is 234 g/mol. The highest BCUT2D eigenvalue weighted by atomic mass is 15.1. The largest absolute Gasteiger partial charge is 0.383 e. The third kappa shape index (κ3) is 2.51. The Morgan fingerprint density at radius 2 is 2.00 bits per heavy atom. The SMILES string of the molecule is CCc1nc(N)c(C)c(NC(C)(C)C2CC2)n1. The molecule has 1 saturated carbocycles. The second-order valence-corrected chi connectivity index (χ2v) is 5.47. The number of nitrogen functional groups attached to an aromatic ring is 1. The minimum Gasteiger partial charge on any atom is -0.383 e. The second-order valence-electron chi connectivity index (χ2n) is 5.47. The minimum absolute atomic E-state index is 0.0938. The maximum Gasteiger partial charge on any atom is 0.135 e. The van der Waals surface area contributed by atoms with E-state index in [2.05, 4.69) is 29.1 Å². The number of hydrogen-bond donors (Lipinski definition) is 2. The van der Waals surface area contributed by atoms with Crippen LogP contribution >= 0.6 is 0 Å². The van der Waals surface area contributed by atoms with Crippen molar-refractivity contribution >= 4 is 11.6 Å². The molecule has 0 aromatic carbocycles. The zero-order chi connectivity index (χ0) is 12.6. The zero-order valence-corrected chi connectivity index (χ0v) is 11.2. The molecule has 1 aromatic heterocycles. The van der Waals surface area contributed by atoms with Gasteiger partial charge in [0.2, 0.25) is 0 Å². The molecule has 1 fully saturated rings. The summed E-state index contributed by atoms with van der Waals surface area (Å²) < 4.78 is 0. The Hall–Kier alpha value is -1.32. The molecule has 1 aliphatic rings. The van der Waals surface area contributed by atoms with Gasteiger partial charge in [0.15, 0.2) is 0 Å². The molecule has 0 unspecified atom stereocenters. The lowest BCUT2D eigenvalue weighted by molar-refractivity contribution is 0.492. The van der Waals surface area contributed by atoms with Crippen LogP contribution < -0.4 is 11.1 Å². The van der Waals surface area contributed by atoms with Gasteiger partial charge in [0.1, 0.15) is 17.5 Å². The summed E-state index contributed by atoms with van der Waals surface area (Å²) in [7, 11) is 0. The summed E-state index contributed by atoms with van der Waals surface area (Å²) in [6, 6.07) is 0. The van der Waals surface area contributed by atoms with Gasteiger partial charge in [-0.25, -0.2) is 9.97 Å². The highest BCUT2D eigenvalue weighted by Crippen LogP contribution is 2.41. The first-order chi connectivity index (χ1) is 7.94. The fourth-order valence-electron chi connectivity index (χ4n) is 2.07. The number of aryl methyl sites for hydroxylation is 1. The average molecular weight is 234 g/mol. The molecule has 17 heavy (non-hydrogen) atoms. The van der Waals surface area contributed by atoms with Crippen LogP contribution in [-0.2, 0) is 6.42 Å². The number of nitrogens with two attached hydrogens (primary N) is 1. The van der Waals surface area contributed by atoms with Crippen molar-refractivity contribution in [2.45, 2.75) is 52.5 Å². The van der Waals surface area contributed by atoms with Gasteiger partial charge in [0.05, 0.1) is 0 Å². The fourth-order valence-corrected chi connectivity index (χ4v) is 2.07. The van der Waals surface area contributed by atoms with Crippen molar-refractivity contribution in [3.05, 3.63) is 11.4 Å². The zero-order valence-electron chi connectivity index (χ0n) is 11.2. The van der Waals surface area contributed by atoms with Crippen LogP contribution in [0.5, 0.6) is 0 Å². The lowest BCUT2D eigenvalue weighted by atomic mass is 9.98. The van der Waals surface area contributed by atoms with Crippen molar-refractivity contribution in [3.63, 3.8) is 0 Å². The summed E-state index contributed by atoms with van der Waals surface area (Å²) in [6.07, 6.45) is 3.42. The lowest BCUT2D eigenvalue weighted by Gasteiger charge is -2.28. The molecule has 4 heteroatoms. The number of rotatable bonds is 4. The molecule has 2 rings (SSSR count). The van der Waals surface area contributed by atoms with Crippen LogP contribution in [0.3, 0.4) is 0 Å². The first kappa shape index (κ1) is 12.1. The Labute approximate surface area is 103 Å². The fraction of sp³-hybridized carbons (Fsp3) is 0.692. The molecule has 0 bridgehead atoms. The maximum atomic E-state index is 5.92. The minimum atomic E-state index is 0.0938. The number of nitrogens with zero attached hydrogens (tertiary/aromatic N) is 2. The molecule has 1 aromatic rings. The quantitative estimate of drug-likeness (QED) is 0.840. The maximum absolute atomic E-state index is 5.92. The number of nitrogens with one attached hydrogen (secondary N) is 1. The van der Waals surface area contributed by atoms with E-state index < -0.39 is 0 Å². The summed E-state index contributed by atoms with van der Waals surface area (Å²) >= 11 is 0. The summed E-state index contributed by atoms with van der Waals surface area (Å²) in [6.45, 7) is 8.47. The summed E-state index contributed by atoms with van der Waals surface area (Å²) in [5.41, 5.74) is 6.96.